The number of methoxy groups -OCH3 is 2. The zero-order chi connectivity index (χ0) is 18.4. The number of carbonyl (C=O) groups is 1. The summed E-state index contributed by atoms with van der Waals surface area (Å²) in [7, 11) is 3.26. The first-order valence-electron chi connectivity index (χ1n) is 8.28. The highest BCUT2D eigenvalue weighted by atomic mass is 16.5. The number of rotatable bonds is 8. The molecular weight excluding hydrogens is 330 g/mol. The van der Waals surface area contributed by atoms with Crippen molar-refractivity contribution in [3.05, 3.63) is 83.8 Å². The summed E-state index contributed by atoms with van der Waals surface area (Å²) in [6.07, 6.45) is 2.40. The molecule has 0 radical (unpaired) electrons. The van der Waals surface area contributed by atoms with Gasteiger partial charge in [-0.1, -0.05) is 24.3 Å². The molecule has 0 saturated heterocycles. The van der Waals surface area contributed by atoms with Crippen molar-refractivity contribution in [2.75, 3.05) is 14.2 Å². The van der Waals surface area contributed by atoms with E-state index >= 15 is 0 Å². The van der Waals surface area contributed by atoms with Gasteiger partial charge >= 0.3 is 0 Å². The Morgan fingerprint density at radius 1 is 0.885 bits per heavy atom. The molecule has 1 aromatic heterocycles. The monoisotopic (exact) mass is 351 g/mol. The highest BCUT2D eigenvalue weighted by molar-refractivity contribution is 5.60. The van der Waals surface area contributed by atoms with Crippen molar-refractivity contribution in [3.63, 3.8) is 0 Å². The topological polar surface area (TPSA) is 60.7 Å². The summed E-state index contributed by atoms with van der Waals surface area (Å²) < 4.78 is 15.9. The molecule has 0 saturated carbocycles. The quantitative estimate of drug-likeness (QED) is 0.624. The molecule has 5 heteroatoms. The summed E-state index contributed by atoms with van der Waals surface area (Å²) in [6.45, 7) is 0. The van der Waals surface area contributed by atoms with E-state index in [2.05, 4.69) is 5.32 Å². The van der Waals surface area contributed by atoms with Crippen LogP contribution in [0.3, 0.4) is 0 Å². The Balaban J connectivity index is 1.95. The van der Waals surface area contributed by atoms with Crippen molar-refractivity contribution < 1.29 is 18.7 Å². The smallest absolute Gasteiger partial charge is 0.144 e. The Labute approximate surface area is 152 Å². The van der Waals surface area contributed by atoms with Gasteiger partial charge in [0.05, 0.1) is 26.5 Å². The van der Waals surface area contributed by atoms with Gasteiger partial charge in [-0.25, -0.2) is 0 Å². The maximum absolute atomic E-state index is 11.6. The standard InChI is InChI=1S/C21H21NO4/c1-24-17-9-5-15(6-10-17)21(16-7-11-18(25-2)12-8-16)22-19(14-23)20-4-3-13-26-20/h3-14,19,21-22H,1-2H3. The average molecular weight is 351 g/mol. The number of carbonyl (C=O) groups excluding carboxylic acids is 1. The van der Waals surface area contributed by atoms with Crippen molar-refractivity contribution in [2.24, 2.45) is 0 Å². The van der Waals surface area contributed by atoms with E-state index in [0.717, 1.165) is 28.9 Å². The van der Waals surface area contributed by atoms with Crippen LogP contribution in [-0.2, 0) is 4.79 Å². The molecule has 3 aromatic rings. The third-order valence-electron chi connectivity index (χ3n) is 4.23. The van der Waals surface area contributed by atoms with Gasteiger partial charge in [-0.05, 0) is 47.5 Å². The molecule has 0 aliphatic carbocycles. The molecule has 1 heterocycles. The molecule has 1 N–H and O–H groups in total. The summed E-state index contributed by atoms with van der Waals surface area (Å²) in [6, 6.07) is 18.3. The molecule has 2 aromatic carbocycles. The van der Waals surface area contributed by atoms with Gasteiger partial charge in [-0.3, -0.25) is 5.32 Å². The van der Waals surface area contributed by atoms with Crippen molar-refractivity contribution in [1.82, 2.24) is 5.32 Å². The Hall–Kier alpha value is -3.05. The second-order valence-electron chi connectivity index (χ2n) is 5.78. The van der Waals surface area contributed by atoms with Crippen LogP contribution < -0.4 is 14.8 Å². The van der Waals surface area contributed by atoms with E-state index in [1.54, 1.807) is 32.6 Å². The van der Waals surface area contributed by atoms with E-state index in [1.807, 2.05) is 48.5 Å². The zero-order valence-electron chi connectivity index (χ0n) is 14.7. The number of aldehydes is 1. The maximum atomic E-state index is 11.6. The molecule has 0 bridgehead atoms. The van der Waals surface area contributed by atoms with Crippen LogP contribution >= 0.6 is 0 Å². The van der Waals surface area contributed by atoms with Gasteiger partial charge in [0.1, 0.15) is 29.6 Å². The Kier molecular flexibility index (Phi) is 5.71. The van der Waals surface area contributed by atoms with Gasteiger partial charge in [0.2, 0.25) is 0 Å². The number of nitrogens with one attached hydrogen (secondary N) is 1. The molecule has 0 aliphatic heterocycles. The third kappa shape index (κ3) is 3.95. The first-order chi connectivity index (χ1) is 12.7. The molecular formula is C21H21NO4. The minimum atomic E-state index is -0.556. The molecule has 134 valence electrons. The second-order valence-corrected chi connectivity index (χ2v) is 5.78. The number of hydrogen-bond donors (Lipinski definition) is 1. The van der Waals surface area contributed by atoms with E-state index < -0.39 is 6.04 Å². The molecule has 0 aliphatic rings. The third-order valence-corrected chi connectivity index (χ3v) is 4.23. The lowest BCUT2D eigenvalue weighted by Gasteiger charge is -2.23. The van der Waals surface area contributed by atoms with Crippen LogP contribution in [0.4, 0.5) is 0 Å². The van der Waals surface area contributed by atoms with Crippen LogP contribution in [0.15, 0.2) is 71.3 Å². The summed E-state index contributed by atoms with van der Waals surface area (Å²) in [5.41, 5.74) is 2.02. The van der Waals surface area contributed by atoms with Gasteiger partial charge in [0.15, 0.2) is 0 Å². The normalized spacial score (nSPS) is 12.0. The fourth-order valence-electron chi connectivity index (χ4n) is 2.81. The van der Waals surface area contributed by atoms with Crippen LogP contribution in [0, 0.1) is 0 Å². The summed E-state index contributed by atoms with van der Waals surface area (Å²) >= 11 is 0. The summed E-state index contributed by atoms with van der Waals surface area (Å²) in [4.78, 5) is 11.6. The van der Waals surface area contributed by atoms with Crippen LogP contribution in [0.1, 0.15) is 29.0 Å². The number of benzene rings is 2. The summed E-state index contributed by atoms with van der Waals surface area (Å²) in [5.74, 6) is 2.13. The van der Waals surface area contributed by atoms with Crippen molar-refractivity contribution >= 4 is 6.29 Å². The fraction of sp³-hybridized carbons (Fsp3) is 0.190. The van der Waals surface area contributed by atoms with Crippen molar-refractivity contribution in [2.45, 2.75) is 12.1 Å². The van der Waals surface area contributed by atoms with E-state index in [4.69, 9.17) is 13.9 Å². The summed E-state index contributed by atoms with van der Waals surface area (Å²) in [5, 5.41) is 3.37. The van der Waals surface area contributed by atoms with Gasteiger partial charge < -0.3 is 18.7 Å². The number of furan rings is 1. The van der Waals surface area contributed by atoms with Gasteiger partial charge in [0.25, 0.3) is 0 Å². The molecule has 1 atom stereocenters. The molecule has 0 amide bonds. The van der Waals surface area contributed by atoms with Crippen LogP contribution in [0.25, 0.3) is 0 Å². The lowest BCUT2D eigenvalue weighted by atomic mass is 9.97. The number of ether oxygens (including phenoxy) is 2. The Morgan fingerprint density at radius 3 is 1.81 bits per heavy atom. The van der Waals surface area contributed by atoms with E-state index in [1.165, 1.54) is 0 Å². The molecule has 0 spiro atoms. The second kappa shape index (κ2) is 8.36. The SMILES string of the molecule is COc1ccc(C(NC(C=O)c2ccco2)c2ccc(OC)cc2)cc1. The first kappa shape index (κ1) is 17.8. The maximum Gasteiger partial charge on any atom is 0.144 e. The Morgan fingerprint density at radius 2 is 1.42 bits per heavy atom. The molecule has 5 nitrogen and oxygen atoms in total. The number of hydrogen-bond acceptors (Lipinski definition) is 5. The highest BCUT2D eigenvalue weighted by Crippen LogP contribution is 2.28. The predicted molar refractivity (Wildman–Crippen MR) is 98.5 cm³/mol. The van der Waals surface area contributed by atoms with Gasteiger partial charge in [0, 0.05) is 0 Å². The molecule has 3 rings (SSSR count). The largest absolute Gasteiger partial charge is 0.497 e. The lowest BCUT2D eigenvalue weighted by Crippen LogP contribution is -2.28. The van der Waals surface area contributed by atoms with Crippen molar-refractivity contribution in [1.29, 1.82) is 0 Å². The van der Waals surface area contributed by atoms with Gasteiger partial charge in [-0.2, -0.15) is 0 Å². The minimum Gasteiger partial charge on any atom is -0.497 e. The van der Waals surface area contributed by atoms with E-state index in [-0.39, 0.29) is 6.04 Å². The first-order valence-corrected chi connectivity index (χ1v) is 8.28. The Bertz CT molecular complexity index is 763. The molecule has 26 heavy (non-hydrogen) atoms. The van der Waals surface area contributed by atoms with Crippen LogP contribution in [-0.4, -0.2) is 20.5 Å². The van der Waals surface area contributed by atoms with E-state index in [0.29, 0.717) is 5.76 Å². The fourth-order valence-corrected chi connectivity index (χ4v) is 2.81. The van der Waals surface area contributed by atoms with Crippen molar-refractivity contribution in [3.8, 4) is 11.5 Å². The molecule has 1 unspecified atom stereocenters. The minimum absolute atomic E-state index is 0.202. The zero-order valence-corrected chi connectivity index (χ0v) is 14.7. The predicted octanol–water partition coefficient (Wildman–Crippen LogP) is 3.92. The van der Waals surface area contributed by atoms with Gasteiger partial charge in [-0.15, -0.1) is 0 Å². The lowest BCUT2D eigenvalue weighted by molar-refractivity contribution is -0.110. The van der Waals surface area contributed by atoms with E-state index in [9.17, 15) is 4.79 Å². The van der Waals surface area contributed by atoms with Crippen LogP contribution in [0.5, 0.6) is 11.5 Å². The highest BCUT2D eigenvalue weighted by Gasteiger charge is 2.21. The van der Waals surface area contributed by atoms with Crippen LogP contribution in [0.2, 0.25) is 0 Å². The average Bonchev–Trinajstić information content (AvgIpc) is 3.24. The molecule has 0 fully saturated rings.